The summed E-state index contributed by atoms with van der Waals surface area (Å²) in [5.41, 5.74) is 0.999. The number of hydrogen-bond acceptors (Lipinski definition) is 4. The van der Waals surface area contributed by atoms with Crippen LogP contribution in [0.1, 0.15) is 26.7 Å². The highest BCUT2D eigenvalue weighted by atomic mass is 16.5. The third-order valence-electron chi connectivity index (χ3n) is 2.48. The van der Waals surface area contributed by atoms with E-state index in [0.717, 1.165) is 26.1 Å². The highest BCUT2D eigenvalue weighted by Crippen LogP contribution is 2.09. The van der Waals surface area contributed by atoms with Crippen molar-refractivity contribution in [1.82, 2.24) is 5.32 Å². The topological polar surface area (TPSA) is 65.3 Å². The molecule has 0 aliphatic carbocycles. The van der Waals surface area contributed by atoms with E-state index in [9.17, 15) is 5.11 Å². The van der Waals surface area contributed by atoms with Crippen LogP contribution in [-0.4, -0.2) is 30.1 Å². The lowest BCUT2D eigenvalue weighted by molar-refractivity contribution is 0.0767. The molecule has 0 unspecified atom stereocenters. The summed E-state index contributed by atoms with van der Waals surface area (Å²) in [4.78, 5) is 0. The molecule has 0 aromatic heterocycles. The van der Waals surface area contributed by atoms with Crippen LogP contribution in [0.25, 0.3) is 0 Å². The fourth-order valence-corrected chi connectivity index (χ4v) is 1.32. The molecule has 0 spiro atoms. The molecule has 3 N–H and O–H groups in total. The molecule has 4 nitrogen and oxygen atoms in total. The molecule has 0 radical (unpaired) electrons. The molecule has 1 heterocycles. The van der Waals surface area contributed by atoms with Gasteiger partial charge in [0.2, 0.25) is 0 Å². The lowest BCUT2D eigenvalue weighted by Gasteiger charge is -2.24. The molecule has 14 heavy (non-hydrogen) atoms. The third kappa shape index (κ3) is 3.03. The van der Waals surface area contributed by atoms with Gasteiger partial charge in [-0.1, -0.05) is 0 Å². The predicted molar refractivity (Wildman–Crippen MR) is 55.7 cm³/mol. The van der Waals surface area contributed by atoms with Crippen LogP contribution in [0.5, 0.6) is 0 Å². The fraction of sp³-hybridized carbons (Fsp3) is 0.700. The Kier molecular flexibility index (Phi) is 3.95. The monoisotopic (exact) mass is 198 g/mol. The standard InChI is InChI=1S/C10H18N2O2/c1-7(8(2)11)10(13)12-9-3-5-14-6-4-9/h9,11-13H,3-6H2,1-2H3/b10-7+,11-8?. The number of nitrogens with one attached hydrogen (secondary N) is 2. The minimum absolute atomic E-state index is 0.129. The molecule has 80 valence electrons. The number of aliphatic hydroxyl groups is 1. The maximum absolute atomic E-state index is 9.63. The first-order chi connectivity index (χ1) is 6.61. The average molecular weight is 198 g/mol. The van der Waals surface area contributed by atoms with Gasteiger partial charge in [-0.05, 0) is 26.7 Å². The largest absolute Gasteiger partial charge is 0.495 e. The van der Waals surface area contributed by atoms with E-state index in [1.54, 1.807) is 13.8 Å². The van der Waals surface area contributed by atoms with Gasteiger partial charge in [0.15, 0.2) is 5.88 Å². The molecular weight excluding hydrogens is 180 g/mol. The van der Waals surface area contributed by atoms with Crippen LogP contribution in [-0.2, 0) is 4.74 Å². The Bertz CT molecular complexity index is 243. The van der Waals surface area contributed by atoms with Crippen LogP contribution >= 0.6 is 0 Å². The van der Waals surface area contributed by atoms with Gasteiger partial charge in [-0.15, -0.1) is 0 Å². The molecule has 0 amide bonds. The minimum atomic E-state index is 0.129. The Balaban J connectivity index is 2.49. The van der Waals surface area contributed by atoms with E-state index in [1.165, 1.54) is 0 Å². The Labute approximate surface area is 84.5 Å². The number of ether oxygens (including phenoxy) is 1. The van der Waals surface area contributed by atoms with Crippen molar-refractivity contribution in [3.8, 4) is 0 Å². The van der Waals surface area contributed by atoms with E-state index in [2.05, 4.69) is 5.32 Å². The molecule has 0 atom stereocenters. The zero-order valence-corrected chi connectivity index (χ0v) is 8.76. The number of aliphatic hydroxyl groups excluding tert-OH is 1. The average Bonchev–Trinajstić information content (AvgIpc) is 2.18. The van der Waals surface area contributed by atoms with Crippen LogP contribution in [0, 0.1) is 5.41 Å². The van der Waals surface area contributed by atoms with Crippen molar-refractivity contribution in [2.75, 3.05) is 13.2 Å². The van der Waals surface area contributed by atoms with Gasteiger partial charge in [0.05, 0.1) is 0 Å². The van der Waals surface area contributed by atoms with Gasteiger partial charge in [0.1, 0.15) is 0 Å². The molecule has 1 aliphatic heterocycles. The van der Waals surface area contributed by atoms with Crippen molar-refractivity contribution in [2.45, 2.75) is 32.7 Å². The molecule has 1 saturated heterocycles. The molecule has 1 aliphatic rings. The zero-order valence-electron chi connectivity index (χ0n) is 8.76. The van der Waals surface area contributed by atoms with Crippen molar-refractivity contribution in [1.29, 1.82) is 5.41 Å². The normalized spacial score (nSPS) is 20.1. The molecule has 4 heteroatoms. The van der Waals surface area contributed by atoms with E-state index in [0.29, 0.717) is 11.3 Å². The lowest BCUT2D eigenvalue weighted by Crippen LogP contribution is -2.35. The maximum Gasteiger partial charge on any atom is 0.189 e. The van der Waals surface area contributed by atoms with Gasteiger partial charge >= 0.3 is 0 Å². The molecule has 0 saturated carbocycles. The number of allylic oxidation sites excluding steroid dienone is 1. The fourth-order valence-electron chi connectivity index (χ4n) is 1.32. The number of hydrogen-bond donors (Lipinski definition) is 3. The third-order valence-corrected chi connectivity index (χ3v) is 2.48. The highest BCUT2D eigenvalue weighted by molar-refractivity contribution is 5.95. The van der Waals surface area contributed by atoms with Crippen LogP contribution in [0.4, 0.5) is 0 Å². The van der Waals surface area contributed by atoms with E-state index in [4.69, 9.17) is 10.1 Å². The Hall–Kier alpha value is -1.03. The van der Waals surface area contributed by atoms with Crippen molar-refractivity contribution in [3.63, 3.8) is 0 Å². The lowest BCUT2D eigenvalue weighted by atomic mass is 10.1. The summed E-state index contributed by atoms with van der Waals surface area (Å²) in [6, 6.07) is 0.276. The summed E-state index contributed by atoms with van der Waals surface area (Å²) in [6.45, 7) is 4.89. The van der Waals surface area contributed by atoms with Crippen LogP contribution in [0.2, 0.25) is 0 Å². The number of rotatable bonds is 3. The van der Waals surface area contributed by atoms with Crippen molar-refractivity contribution in [3.05, 3.63) is 11.5 Å². The quantitative estimate of drug-likeness (QED) is 0.476. The summed E-state index contributed by atoms with van der Waals surface area (Å²) in [6.07, 6.45) is 1.82. The summed E-state index contributed by atoms with van der Waals surface area (Å²) < 4.78 is 5.21. The SMILES string of the molecule is CC(=N)/C(C)=C(/O)NC1CCOCC1. The smallest absolute Gasteiger partial charge is 0.189 e. The summed E-state index contributed by atoms with van der Waals surface area (Å²) in [7, 11) is 0. The molecular formula is C10H18N2O2. The van der Waals surface area contributed by atoms with E-state index in [1.807, 2.05) is 0 Å². The van der Waals surface area contributed by atoms with Crippen molar-refractivity contribution >= 4 is 5.71 Å². The Morgan fingerprint density at radius 1 is 1.36 bits per heavy atom. The van der Waals surface area contributed by atoms with E-state index < -0.39 is 0 Å². The molecule has 1 rings (SSSR count). The molecule has 0 aromatic carbocycles. The molecule has 0 aromatic rings. The van der Waals surface area contributed by atoms with Crippen LogP contribution in [0.3, 0.4) is 0 Å². The zero-order chi connectivity index (χ0) is 10.6. The second kappa shape index (κ2) is 5.00. The van der Waals surface area contributed by atoms with Crippen LogP contribution < -0.4 is 5.32 Å². The first kappa shape index (κ1) is 11.0. The minimum Gasteiger partial charge on any atom is -0.495 e. The Morgan fingerprint density at radius 2 is 1.93 bits per heavy atom. The van der Waals surface area contributed by atoms with Gasteiger partial charge in [-0.3, -0.25) is 0 Å². The second-order valence-corrected chi connectivity index (χ2v) is 3.63. The van der Waals surface area contributed by atoms with E-state index in [-0.39, 0.29) is 11.9 Å². The van der Waals surface area contributed by atoms with Gasteiger partial charge in [-0.25, -0.2) is 0 Å². The predicted octanol–water partition coefficient (Wildman–Crippen LogP) is 1.58. The van der Waals surface area contributed by atoms with Gasteiger partial charge < -0.3 is 20.6 Å². The summed E-state index contributed by atoms with van der Waals surface area (Å²) in [5.74, 6) is 0.129. The first-order valence-corrected chi connectivity index (χ1v) is 4.91. The van der Waals surface area contributed by atoms with Crippen LogP contribution in [0.15, 0.2) is 11.5 Å². The molecule has 1 fully saturated rings. The second-order valence-electron chi connectivity index (χ2n) is 3.63. The van der Waals surface area contributed by atoms with Gasteiger partial charge in [0, 0.05) is 30.5 Å². The summed E-state index contributed by atoms with van der Waals surface area (Å²) in [5, 5.41) is 20.0. The first-order valence-electron chi connectivity index (χ1n) is 4.91. The van der Waals surface area contributed by atoms with Crippen molar-refractivity contribution in [2.24, 2.45) is 0 Å². The van der Waals surface area contributed by atoms with E-state index >= 15 is 0 Å². The van der Waals surface area contributed by atoms with Crippen molar-refractivity contribution < 1.29 is 9.84 Å². The maximum atomic E-state index is 9.63. The van der Waals surface area contributed by atoms with Gasteiger partial charge in [-0.2, -0.15) is 0 Å². The molecule has 0 bridgehead atoms. The van der Waals surface area contributed by atoms with Gasteiger partial charge in [0.25, 0.3) is 0 Å². The highest BCUT2D eigenvalue weighted by Gasteiger charge is 2.15. The Morgan fingerprint density at radius 3 is 2.43 bits per heavy atom. The summed E-state index contributed by atoms with van der Waals surface area (Å²) >= 11 is 0.